The quantitative estimate of drug-likeness (QED) is 0.362. The van der Waals surface area contributed by atoms with Gasteiger partial charge in [0.1, 0.15) is 5.75 Å². The number of amides is 2. The lowest BCUT2D eigenvalue weighted by Crippen LogP contribution is -2.57. The average Bonchev–Trinajstić information content (AvgIpc) is 3.52. The first-order valence-corrected chi connectivity index (χ1v) is 15.8. The average molecular weight is 605 g/mol. The number of nitrogens with zero attached hydrogens (tertiary/aromatic N) is 3. The van der Waals surface area contributed by atoms with Crippen LogP contribution in [0.15, 0.2) is 65.6 Å². The Bertz CT molecular complexity index is 1550. The molecule has 234 valence electrons. The Morgan fingerprint density at radius 1 is 1.05 bits per heavy atom. The minimum absolute atomic E-state index is 0.0487. The molecule has 0 bridgehead atoms. The van der Waals surface area contributed by atoms with E-state index >= 15 is 4.39 Å². The second-order valence-corrected chi connectivity index (χ2v) is 12.7. The summed E-state index contributed by atoms with van der Waals surface area (Å²) in [5.74, 6) is -0.780. The van der Waals surface area contributed by atoms with E-state index in [0.29, 0.717) is 32.6 Å². The number of nitrogens with one attached hydrogen (secondary N) is 1. The van der Waals surface area contributed by atoms with Crippen LogP contribution in [0.1, 0.15) is 56.6 Å². The van der Waals surface area contributed by atoms with Gasteiger partial charge in [-0.1, -0.05) is 43.2 Å². The molecule has 7 nitrogen and oxygen atoms in total. The van der Waals surface area contributed by atoms with Crippen molar-refractivity contribution in [1.82, 2.24) is 19.7 Å². The summed E-state index contributed by atoms with van der Waals surface area (Å²) >= 11 is 0. The zero-order valence-electron chi connectivity index (χ0n) is 25.6. The molecular formula is C35H42F2N4O3. The highest BCUT2D eigenvalue weighted by molar-refractivity contribution is 5.75. The third kappa shape index (κ3) is 5.74. The smallest absolute Gasteiger partial charge is 0.320 e. The third-order valence-electron chi connectivity index (χ3n) is 10.4. The Balaban J connectivity index is 1.21. The Kier molecular flexibility index (Phi) is 8.76. The topological polar surface area (TPSA) is 66.8 Å². The fraction of sp³-hybridized carbons (Fsp3) is 0.486. The number of carbonyl (C=O) groups is 1. The van der Waals surface area contributed by atoms with Crippen molar-refractivity contribution in [3.8, 4) is 16.9 Å². The van der Waals surface area contributed by atoms with Gasteiger partial charge in [-0.05, 0) is 74.2 Å². The molecule has 1 spiro atoms. The molecule has 2 aromatic carbocycles. The molecule has 2 amide bonds. The van der Waals surface area contributed by atoms with E-state index in [1.165, 1.54) is 6.07 Å². The van der Waals surface area contributed by atoms with Crippen molar-refractivity contribution in [1.29, 1.82) is 0 Å². The zero-order valence-corrected chi connectivity index (χ0v) is 25.6. The van der Waals surface area contributed by atoms with Crippen LogP contribution in [0.5, 0.6) is 5.75 Å². The number of rotatable bonds is 6. The Hall–Kier alpha value is -3.72. The molecule has 2 aliphatic heterocycles. The molecule has 1 N–H and O–H groups in total. The molecule has 0 unspecified atom stereocenters. The zero-order chi connectivity index (χ0) is 30.8. The number of urea groups is 1. The first kappa shape index (κ1) is 30.3. The summed E-state index contributed by atoms with van der Waals surface area (Å²) in [5.41, 5.74) is 1.82. The van der Waals surface area contributed by atoms with Gasteiger partial charge >= 0.3 is 6.03 Å². The predicted octanol–water partition coefficient (Wildman–Crippen LogP) is 6.23. The minimum atomic E-state index is -0.890. The molecular weight excluding hydrogens is 562 g/mol. The number of likely N-dealkylation sites (tertiary alicyclic amines) is 2. The Morgan fingerprint density at radius 3 is 2.59 bits per heavy atom. The van der Waals surface area contributed by atoms with Crippen LogP contribution in [0.2, 0.25) is 0 Å². The van der Waals surface area contributed by atoms with Crippen LogP contribution in [-0.2, 0) is 6.54 Å². The van der Waals surface area contributed by atoms with Crippen LogP contribution in [0.3, 0.4) is 0 Å². The third-order valence-corrected chi connectivity index (χ3v) is 10.4. The highest BCUT2D eigenvalue weighted by Crippen LogP contribution is 2.49. The predicted molar refractivity (Wildman–Crippen MR) is 167 cm³/mol. The molecule has 3 atom stereocenters. The molecule has 3 aromatic rings. The van der Waals surface area contributed by atoms with Crippen LogP contribution in [-0.4, -0.2) is 60.2 Å². The fourth-order valence-electron chi connectivity index (χ4n) is 7.96. The van der Waals surface area contributed by atoms with Gasteiger partial charge in [-0.15, -0.1) is 0 Å². The highest BCUT2D eigenvalue weighted by atomic mass is 19.2. The van der Waals surface area contributed by atoms with Gasteiger partial charge in [0, 0.05) is 55.6 Å². The molecule has 1 aliphatic carbocycles. The van der Waals surface area contributed by atoms with Crippen molar-refractivity contribution in [3.05, 3.63) is 88.3 Å². The molecule has 1 saturated carbocycles. The molecule has 1 aromatic heterocycles. The number of halogens is 2. The van der Waals surface area contributed by atoms with Crippen molar-refractivity contribution < 1.29 is 18.3 Å². The number of piperidine rings is 2. The lowest BCUT2D eigenvalue weighted by molar-refractivity contribution is 0.0206. The summed E-state index contributed by atoms with van der Waals surface area (Å²) in [6, 6.07) is 15.0. The monoisotopic (exact) mass is 604 g/mol. The summed E-state index contributed by atoms with van der Waals surface area (Å²) in [6.45, 7) is 2.28. The number of methoxy groups -OCH3 is 1. The number of aromatic nitrogens is 1. The first-order valence-electron chi connectivity index (χ1n) is 15.8. The van der Waals surface area contributed by atoms with E-state index in [4.69, 9.17) is 4.74 Å². The fourth-order valence-corrected chi connectivity index (χ4v) is 7.96. The number of para-hydroxylation sites is 1. The number of pyridine rings is 1. The molecule has 2 saturated heterocycles. The summed E-state index contributed by atoms with van der Waals surface area (Å²) in [5, 5.41) is 3.27. The van der Waals surface area contributed by atoms with E-state index in [1.807, 2.05) is 53.0 Å². The van der Waals surface area contributed by atoms with E-state index in [-0.39, 0.29) is 34.5 Å². The largest absolute Gasteiger partial charge is 0.496 e. The van der Waals surface area contributed by atoms with E-state index < -0.39 is 17.7 Å². The number of hydrogen-bond acceptors (Lipinski definition) is 4. The van der Waals surface area contributed by atoms with E-state index in [0.717, 1.165) is 61.5 Å². The lowest BCUT2D eigenvalue weighted by atomic mass is 9.69. The number of benzene rings is 2. The summed E-state index contributed by atoms with van der Waals surface area (Å²) in [4.78, 5) is 31.2. The van der Waals surface area contributed by atoms with Gasteiger partial charge in [-0.2, -0.15) is 0 Å². The second kappa shape index (κ2) is 12.7. The first-order chi connectivity index (χ1) is 21.3. The number of ether oxygens (including phenoxy) is 1. The van der Waals surface area contributed by atoms with Gasteiger partial charge in [0.05, 0.1) is 13.2 Å². The molecule has 44 heavy (non-hydrogen) atoms. The van der Waals surface area contributed by atoms with Gasteiger partial charge in [0.25, 0.3) is 5.56 Å². The van der Waals surface area contributed by atoms with E-state index in [9.17, 15) is 14.0 Å². The van der Waals surface area contributed by atoms with Crippen LogP contribution in [0, 0.1) is 23.0 Å². The molecule has 3 heterocycles. The van der Waals surface area contributed by atoms with Crippen molar-refractivity contribution in [2.75, 3.05) is 33.8 Å². The van der Waals surface area contributed by atoms with Crippen LogP contribution < -0.4 is 15.6 Å². The summed E-state index contributed by atoms with van der Waals surface area (Å²) in [6.07, 6.45) is 8.18. The normalized spacial score (nSPS) is 23.2. The maximum absolute atomic E-state index is 15.0. The van der Waals surface area contributed by atoms with Crippen LogP contribution >= 0.6 is 0 Å². The Morgan fingerprint density at radius 2 is 1.84 bits per heavy atom. The second-order valence-electron chi connectivity index (χ2n) is 12.7. The molecule has 3 fully saturated rings. The van der Waals surface area contributed by atoms with Crippen molar-refractivity contribution in [2.45, 2.75) is 63.6 Å². The van der Waals surface area contributed by atoms with Crippen LogP contribution in [0.25, 0.3) is 11.1 Å². The number of hydrogen-bond donors (Lipinski definition) is 1. The maximum Gasteiger partial charge on any atom is 0.320 e. The van der Waals surface area contributed by atoms with Gasteiger partial charge in [0.2, 0.25) is 0 Å². The van der Waals surface area contributed by atoms with Crippen LogP contribution in [0.4, 0.5) is 13.6 Å². The van der Waals surface area contributed by atoms with Crippen molar-refractivity contribution in [2.24, 2.45) is 11.3 Å². The molecule has 9 heteroatoms. The number of carbonyl (C=O) groups excluding carboxylic acids is 1. The van der Waals surface area contributed by atoms with E-state index in [2.05, 4.69) is 5.32 Å². The highest BCUT2D eigenvalue weighted by Gasteiger charge is 2.47. The molecule has 6 rings (SSSR count). The van der Waals surface area contributed by atoms with Gasteiger partial charge in [-0.3, -0.25) is 4.79 Å². The van der Waals surface area contributed by atoms with Crippen molar-refractivity contribution >= 4 is 6.03 Å². The summed E-state index contributed by atoms with van der Waals surface area (Å²) in [7, 11) is 3.50. The van der Waals surface area contributed by atoms with Gasteiger partial charge in [0.15, 0.2) is 11.6 Å². The minimum Gasteiger partial charge on any atom is -0.496 e. The van der Waals surface area contributed by atoms with E-state index in [1.54, 1.807) is 24.1 Å². The SMILES string of the molecule is CN[C@@H]1CCN(C(=O)N2CC[C@@H](Cn3ccc(-c4ccccc4OC)cc3=O)C3(CCCC3)C2)[C@H](c2cccc(F)c2F)C1. The van der Waals surface area contributed by atoms with Crippen molar-refractivity contribution in [3.63, 3.8) is 0 Å². The maximum atomic E-state index is 15.0. The summed E-state index contributed by atoms with van der Waals surface area (Å²) < 4.78 is 36.6. The standard InChI is InChI=1S/C35H42F2N4O3/c1-38-26-14-19-41(30(21-26)28-9-7-10-29(36)33(28)37)34(43)40-18-13-25(35(23-40)15-5-6-16-35)22-39-17-12-24(20-32(39)42)27-8-3-4-11-31(27)44-2/h3-4,7-12,17,20,25-26,30,38H,5-6,13-16,18-19,21-23H2,1-2H3/t25-,26+,30-/m0/s1. The molecule has 3 aliphatic rings. The van der Waals surface area contributed by atoms with Gasteiger partial charge in [-0.25, -0.2) is 13.6 Å². The Labute approximate surface area is 257 Å². The lowest BCUT2D eigenvalue weighted by Gasteiger charge is -2.49. The van der Waals surface area contributed by atoms with Gasteiger partial charge < -0.3 is 24.4 Å². The molecule has 0 radical (unpaired) electrons.